The minimum Gasteiger partial charge on any atom is -0.350 e. The Morgan fingerprint density at radius 1 is 0.933 bits per heavy atom. The third kappa shape index (κ3) is 4.51. The number of halogens is 1. The molecule has 0 bridgehead atoms. The lowest BCUT2D eigenvalue weighted by Gasteiger charge is -2.11. The van der Waals surface area contributed by atoms with E-state index in [9.17, 15) is 9.65 Å². The molecule has 9 heteroatoms. The second-order valence-electron chi connectivity index (χ2n) is 6.19. The van der Waals surface area contributed by atoms with Crippen LogP contribution in [-0.4, -0.2) is 24.9 Å². The summed E-state index contributed by atoms with van der Waals surface area (Å²) in [5, 5.41) is 15.6. The van der Waals surface area contributed by atoms with Crippen LogP contribution in [0.1, 0.15) is 11.1 Å². The standard InChI is InChI=1S/C21H15FN8/c22-16-3-1-14(2-4-16)11-27-21-28-18(17-12-24-6-5-15(17)10-23)9-19(30-21)29-20-13-25-7-8-26-20/h1-9,12-13H,11H2,(H2,26,27,28,29,30). The number of nitriles is 1. The normalized spacial score (nSPS) is 10.3. The summed E-state index contributed by atoms with van der Waals surface area (Å²) >= 11 is 0. The molecule has 0 aliphatic heterocycles. The molecule has 0 spiro atoms. The van der Waals surface area contributed by atoms with E-state index in [0.29, 0.717) is 40.9 Å². The van der Waals surface area contributed by atoms with Gasteiger partial charge in [-0.15, -0.1) is 0 Å². The van der Waals surface area contributed by atoms with E-state index in [2.05, 4.69) is 41.6 Å². The van der Waals surface area contributed by atoms with Crippen LogP contribution < -0.4 is 10.6 Å². The first-order valence-electron chi connectivity index (χ1n) is 8.96. The van der Waals surface area contributed by atoms with Crippen LogP contribution in [0, 0.1) is 17.1 Å². The van der Waals surface area contributed by atoms with Gasteiger partial charge in [-0.05, 0) is 23.8 Å². The molecular weight excluding hydrogens is 383 g/mol. The highest BCUT2D eigenvalue weighted by molar-refractivity contribution is 5.70. The molecular formula is C21H15FN8. The van der Waals surface area contributed by atoms with E-state index in [-0.39, 0.29) is 5.82 Å². The Hall–Kier alpha value is -4.45. The number of nitrogens with one attached hydrogen (secondary N) is 2. The van der Waals surface area contributed by atoms with Crippen LogP contribution in [0.4, 0.5) is 22.0 Å². The number of hydrogen-bond acceptors (Lipinski definition) is 8. The Bertz CT molecular complexity index is 1190. The van der Waals surface area contributed by atoms with E-state index in [0.717, 1.165) is 5.56 Å². The van der Waals surface area contributed by atoms with Crippen molar-refractivity contribution in [3.05, 3.63) is 84.3 Å². The summed E-state index contributed by atoms with van der Waals surface area (Å²) in [7, 11) is 0. The molecule has 0 radical (unpaired) electrons. The molecule has 0 fully saturated rings. The van der Waals surface area contributed by atoms with Gasteiger partial charge in [-0.2, -0.15) is 10.2 Å². The van der Waals surface area contributed by atoms with Crippen molar-refractivity contribution in [3.8, 4) is 17.3 Å². The predicted molar refractivity (Wildman–Crippen MR) is 109 cm³/mol. The SMILES string of the molecule is N#Cc1ccncc1-c1cc(Nc2cnccn2)nc(NCc2ccc(F)cc2)n1. The maximum Gasteiger partial charge on any atom is 0.225 e. The first-order valence-corrected chi connectivity index (χ1v) is 8.96. The van der Waals surface area contributed by atoms with Gasteiger partial charge in [0.15, 0.2) is 0 Å². The minimum atomic E-state index is -0.298. The summed E-state index contributed by atoms with van der Waals surface area (Å²) < 4.78 is 13.1. The zero-order valence-electron chi connectivity index (χ0n) is 15.6. The van der Waals surface area contributed by atoms with Gasteiger partial charge in [0.05, 0.1) is 23.5 Å². The fourth-order valence-electron chi connectivity index (χ4n) is 2.70. The minimum absolute atomic E-state index is 0.298. The van der Waals surface area contributed by atoms with E-state index in [1.807, 2.05) is 0 Å². The van der Waals surface area contributed by atoms with Crippen LogP contribution in [0.15, 0.2) is 67.4 Å². The Kier molecular flexibility index (Phi) is 5.48. The van der Waals surface area contributed by atoms with Crippen LogP contribution in [0.25, 0.3) is 11.3 Å². The molecule has 8 nitrogen and oxygen atoms in total. The second kappa shape index (κ2) is 8.70. The highest BCUT2D eigenvalue weighted by Gasteiger charge is 2.11. The van der Waals surface area contributed by atoms with Gasteiger partial charge in [-0.3, -0.25) is 9.97 Å². The number of aromatic nitrogens is 5. The zero-order chi connectivity index (χ0) is 20.8. The fourth-order valence-corrected chi connectivity index (χ4v) is 2.70. The number of anilines is 3. The van der Waals surface area contributed by atoms with E-state index in [1.165, 1.54) is 12.1 Å². The van der Waals surface area contributed by atoms with Crippen LogP contribution in [0.2, 0.25) is 0 Å². The number of nitrogens with zero attached hydrogens (tertiary/aromatic N) is 6. The van der Waals surface area contributed by atoms with Crippen molar-refractivity contribution in [1.82, 2.24) is 24.9 Å². The van der Waals surface area contributed by atoms with Gasteiger partial charge < -0.3 is 10.6 Å². The highest BCUT2D eigenvalue weighted by atomic mass is 19.1. The molecule has 3 aromatic heterocycles. The smallest absolute Gasteiger partial charge is 0.225 e. The molecule has 2 N–H and O–H groups in total. The van der Waals surface area contributed by atoms with Crippen molar-refractivity contribution in [3.63, 3.8) is 0 Å². The molecule has 146 valence electrons. The molecule has 0 saturated heterocycles. The summed E-state index contributed by atoms with van der Waals surface area (Å²) in [5.41, 5.74) is 2.41. The number of rotatable bonds is 6. The van der Waals surface area contributed by atoms with Gasteiger partial charge in [0.2, 0.25) is 5.95 Å². The number of benzene rings is 1. The molecule has 4 aromatic rings. The quantitative estimate of drug-likeness (QED) is 0.506. The molecule has 4 rings (SSSR count). The first kappa shape index (κ1) is 18.9. The molecule has 0 amide bonds. The van der Waals surface area contributed by atoms with Crippen LogP contribution in [0.5, 0.6) is 0 Å². The molecule has 1 aromatic carbocycles. The van der Waals surface area contributed by atoms with Crippen molar-refractivity contribution in [2.75, 3.05) is 10.6 Å². The van der Waals surface area contributed by atoms with Gasteiger partial charge in [-0.1, -0.05) is 12.1 Å². The van der Waals surface area contributed by atoms with E-state index >= 15 is 0 Å². The van der Waals surface area contributed by atoms with Crippen molar-refractivity contribution in [2.24, 2.45) is 0 Å². The molecule has 30 heavy (non-hydrogen) atoms. The molecule has 0 unspecified atom stereocenters. The summed E-state index contributed by atoms with van der Waals surface area (Å²) in [4.78, 5) is 21.3. The van der Waals surface area contributed by atoms with Crippen LogP contribution in [-0.2, 0) is 6.54 Å². The Labute approximate surface area is 171 Å². The summed E-state index contributed by atoms with van der Waals surface area (Å²) in [5.74, 6) is 1.01. The van der Waals surface area contributed by atoms with Gasteiger partial charge in [0.25, 0.3) is 0 Å². The second-order valence-corrected chi connectivity index (χ2v) is 6.19. The third-order valence-corrected chi connectivity index (χ3v) is 4.13. The topological polar surface area (TPSA) is 112 Å². The van der Waals surface area contributed by atoms with Crippen molar-refractivity contribution >= 4 is 17.6 Å². The van der Waals surface area contributed by atoms with Crippen LogP contribution in [0.3, 0.4) is 0 Å². The molecule has 0 aliphatic carbocycles. The van der Waals surface area contributed by atoms with Gasteiger partial charge >= 0.3 is 0 Å². The lowest BCUT2D eigenvalue weighted by atomic mass is 10.1. The van der Waals surface area contributed by atoms with Gasteiger partial charge in [-0.25, -0.2) is 14.4 Å². The van der Waals surface area contributed by atoms with Gasteiger partial charge in [0.1, 0.15) is 17.5 Å². The van der Waals surface area contributed by atoms with E-state index in [4.69, 9.17) is 0 Å². The van der Waals surface area contributed by atoms with Crippen molar-refractivity contribution < 1.29 is 4.39 Å². The summed E-state index contributed by atoms with van der Waals surface area (Å²) in [6, 6.07) is 11.6. The lowest BCUT2D eigenvalue weighted by molar-refractivity contribution is 0.627. The zero-order valence-corrected chi connectivity index (χ0v) is 15.6. The van der Waals surface area contributed by atoms with E-state index in [1.54, 1.807) is 55.2 Å². The Morgan fingerprint density at radius 3 is 2.53 bits per heavy atom. The lowest BCUT2D eigenvalue weighted by Crippen LogP contribution is -2.07. The Balaban J connectivity index is 1.68. The molecule has 0 saturated carbocycles. The maximum absolute atomic E-state index is 13.1. The maximum atomic E-state index is 13.1. The number of hydrogen-bond donors (Lipinski definition) is 2. The molecule has 0 aliphatic rings. The monoisotopic (exact) mass is 398 g/mol. The molecule has 0 atom stereocenters. The van der Waals surface area contributed by atoms with Gasteiger partial charge in [0, 0.05) is 43.0 Å². The third-order valence-electron chi connectivity index (χ3n) is 4.13. The predicted octanol–water partition coefficient (Wildman–Crippen LogP) is 3.70. The van der Waals surface area contributed by atoms with E-state index < -0.39 is 0 Å². The first-order chi connectivity index (χ1) is 14.7. The average Bonchev–Trinajstić information content (AvgIpc) is 2.79. The largest absolute Gasteiger partial charge is 0.350 e. The van der Waals surface area contributed by atoms with Crippen molar-refractivity contribution in [1.29, 1.82) is 5.26 Å². The fraction of sp³-hybridized carbons (Fsp3) is 0.0476. The average molecular weight is 398 g/mol. The Morgan fingerprint density at radius 2 is 1.77 bits per heavy atom. The molecule has 3 heterocycles. The number of pyridine rings is 1. The van der Waals surface area contributed by atoms with Crippen LogP contribution >= 0.6 is 0 Å². The summed E-state index contributed by atoms with van der Waals surface area (Å²) in [6.45, 7) is 0.395. The van der Waals surface area contributed by atoms with Crippen molar-refractivity contribution in [2.45, 2.75) is 6.54 Å². The summed E-state index contributed by atoms with van der Waals surface area (Å²) in [6.07, 6.45) is 7.83. The highest BCUT2D eigenvalue weighted by Crippen LogP contribution is 2.25.